The summed E-state index contributed by atoms with van der Waals surface area (Å²) in [5.74, 6) is -0.275. The molecule has 0 saturated carbocycles. The normalized spacial score (nSPS) is 9.40. The van der Waals surface area contributed by atoms with E-state index < -0.39 is 0 Å². The highest BCUT2D eigenvalue weighted by Gasteiger charge is 1.98. The largest absolute Gasteiger partial charge is 0.463 e. The molecule has 0 aliphatic rings. The monoisotopic (exact) mass is 147 g/mol. The number of ether oxygens (including phenoxy) is 1. The molecule has 0 aromatic rings. The Morgan fingerprint density at radius 1 is 1.70 bits per heavy atom. The Bertz CT molecular complexity index is 85.0. The predicted molar refractivity (Wildman–Crippen MR) is 36.6 cm³/mol. The first-order valence-corrected chi connectivity index (χ1v) is 3.22. The number of esters is 1. The SMILES string of the molecule is CNCCC(=O)OCCO. The topological polar surface area (TPSA) is 58.6 Å². The van der Waals surface area contributed by atoms with E-state index in [0.29, 0.717) is 13.0 Å². The van der Waals surface area contributed by atoms with Gasteiger partial charge in [-0.15, -0.1) is 0 Å². The first-order chi connectivity index (χ1) is 4.81. The van der Waals surface area contributed by atoms with Gasteiger partial charge in [0.05, 0.1) is 13.0 Å². The van der Waals surface area contributed by atoms with Crippen LogP contribution in [0.1, 0.15) is 6.42 Å². The minimum atomic E-state index is -0.275. The lowest BCUT2D eigenvalue weighted by Gasteiger charge is -2.00. The van der Waals surface area contributed by atoms with Gasteiger partial charge in [0, 0.05) is 6.54 Å². The van der Waals surface area contributed by atoms with Crippen LogP contribution >= 0.6 is 0 Å². The summed E-state index contributed by atoms with van der Waals surface area (Å²) in [6.45, 7) is 0.609. The highest BCUT2D eigenvalue weighted by molar-refractivity contribution is 5.69. The third-order valence-corrected chi connectivity index (χ3v) is 0.933. The van der Waals surface area contributed by atoms with Gasteiger partial charge in [-0.3, -0.25) is 4.79 Å². The summed E-state index contributed by atoms with van der Waals surface area (Å²) in [6, 6.07) is 0. The number of hydrogen-bond acceptors (Lipinski definition) is 4. The molecule has 0 aliphatic carbocycles. The van der Waals surface area contributed by atoms with Crippen molar-refractivity contribution in [2.24, 2.45) is 0 Å². The lowest BCUT2D eigenvalue weighted by atomic mass is 10.4. The Labute approximate surface area is 60.2 Å². The second kappa shape index (κ2) is 6.51. The second-order valence-electron chi connectivity index (χ2n) is 1.80. The number of carbonyl (C=O) groups is 1. The van der Waals surface area contributed by atoms with E-state index in [2.05, 4.69) is 10.1 Å². The van der Waals surface area contributed by atoms with Crippen LogP contribution in [-0.4, -0.2) is 37.9 Å². The van der Waals surface area contributed by atoms with Crippen LogP contribution in [0.4, 0.5) is 0 Å². The van der Waals surface area contributed by atoms with Crippen molar-refractivity contribution in [3.63, 3.8) is 0 Å². The molecular formula is C6H13NO3. The van der Waals surface area contributed by atoms with Crippen molar-refractivity contribution in [1.29, 1.82) is 0 Å². The third kappa shape index (κ3) is 5.53. The van der Waals surface area contributed by atoms with E-state index in [0.717, 1.165) is 0 Å². The first kappa shape index (κ1) is 9.39. The predicted octanol–water partition coefficient (Wildman–Crippen LogP) is -0.869. The Morgan fingerprint density at radius 3 is 2.90 bits per heavy atom. The molecular weight excluding hydrogens is 134 g/mol. The fraction of sp³-hybridized carbons (Fsp3) is 0.833. The number of carbonyl (C=O) groups excluding carboxylic acids is 1. The van der Waals surface area contributed by atoms with Gasteiger partial charge in [-0.1, -0.05) is 0 Å². The lowest BCUT2D eigenvalue weighted by molar-refractivity contribution is -0.144. The second-order valence-corrected chi connectivity index (χ2v) is 1.80. The van der Waals surface area contributed by atoms with Gasteiger partial charge < -0.3 is 15.2 Å². The summed E-state index contributed by atoms with van der Waals surface area (Å²) >= 11 is 0. The van der Waals surface area contributed by atoms with Crippen molar-refractivity contribution < 1.29 is 14.6 Å². The highest BCUT2D eigenvalue weighted by atomic mass is 16.5. The molecule has 4 nitrogen and oxygen atoms in total. The Hall–Kier alpha value is -0.610. The summed E-state index contributed by atoms with van der Waals surface area (Å²) in [5.41, 5.74) is 0. The third-order valence-electron chi connectivity index (χ3n) is 0.933. The molecule has 10 heavy (non-hydrogen) atoms. The number of rotatable bonds is 5. The molecule has 0 bridgehead atoms. The van der Waals surface area contributed by atoms with Crippen LogP contribution in [0.5, 0.6) is 0 Å². The molecule has 4 heteroatoms. The van der Waals surface area contributed by atoms with Crippen molar-refractivity contribution in [3.05, 3.63) is 0 Å². The summed E-state index contributed by atoms with van der Waals surface area (Å²) in [7, 11) is 1.76. The Kier molecular flexibility index (Phi) is 6.11. The van der Waals surface area contributed by atoms with Gasteiger partial charge in [0.1, 0.15) is 6.61 Å². The average molecular weight is 147 g/mol. The molecule has 0 amide bonds. The van der Waals surface area contributed by atoms with E-state index in [4.69, 9.17) is 5.11 Å². The van der Waals surface area contributed by atoms with E-state index in [1.807, 2.05) is 0 Å². The van der Waals surface area contributed by atoms with Crippen LogP contribution in [0.15, 0.2) is 0 Å². The summed E-state index contributed by atoms with van der Waals surface area (Å²) in [6.07, 6.45) is 0.358. The Morgan fingerprint density at radius 2 is 2.40 bits per heavy atom. The van der Waals surface area contributed by atoms with Crippen molar-refractivity contribution in [2.45, 2.75) is 6.42 Å². The molecule has 0 aromatic carbocycles. The van der Waals surface area contributed by atoms with E-state index in [1.165, 1.54) is 0 Å². The molecule has 0 aromatic heterocycles. The quantitative estimate of drug-likeness (QED) is 0.496. The van der Waals surface area contributed by atoms with E-state index in [1.54, 1.807) is 7.05 Å². The lowest BCUT2D eigenvalue weighted by Crippen LogP contribution is -2.16. The number of aliphatic hydroxyl groups is 1. The van der Waals surface area contributed by atoms with Crippen molar-refractivity contribution in [1.82, 2.24) is 5.32 Å². The fourth-order valence-electron chi connectivity index (χ4n) is 0.459. The van der Waals surface area contributed by atoms with E-state index in [-0.39, 0.29) is 19.2 Å². The summed E-state index contributed by atoms with van der Waals surface area (Å²) in [4.78, 5) is 10.6. The average Bonchev–Trinajstić information content (AvgIpc) is 1.97. The molecule has 60 valence electrons. The smallest absolute Gasteiger partial charge is 0.307 e. The van der Waals surface area contributed by atoms with E-state index in [9.17, 15) is 4.79 Å². The van der Waals surface area contributed by atoms with Crippen LogP contribution < -0.4 is 5.32 Å². The standard InChI is InChI=1S/C6H13NO3/c1-7-3-2-6(9)10-5-4-8/h7-8H,2-5H2,1H3. The van der Waals surface area contributed by atoms with Gasteiger partial charge in [-0.05, 0) is 7.05 Å². The van der Waals surface area contributed by atoms with Gasteiger partial charge in [-0.2, -0.15) is 0 Å². The van der Waals surface area contributed by atoms with Crippen LogP contribution in [0.3, 0.4) is 0 Å². The molecule has 0 spiro atoms. The molecule has 0 unspecified atom stereocenters. The molecule has 0 radical (unpaired) electrons. The summed E-state index contributed by atoms with van der Waals surface area (Å²) in [5, 5.41) is 11.1. The zero-order chi connectivity index (χ0) is 7.82. The van der Waals surface area contributed by atoms with Crippen LogP contribution in [-0.2, 0) is 9.53 Å². The Balaban J connectivity index is 3.09. The van der Waals surface area contributed by atoms with Crippen LogP contribution in [0.2, 0.25) is 0 Å². The molecule has 0 heterocycles. The molecule has 0 fully saturated rings. The van der Waals surface area contributed by atoms with Crippen LogP contribution in [0.25, 0.3) is 0 Å². The maximum absolute atomic E-state index is 10.6. The molecule has 0 aliphatic heterocycles. The van der Waals surface area contributed by atoms with Gasteiger partial charge in [0.15, 0.2) is 0 Å². The van der Waals surface area contributed by atoms with Crippen LogP contribution in [0, 0.1) is 0 Å². The maximum Gasteiger partial charge on any atom is 0.307 e. The molecule has 0 atom stereocenters. The maximum atomic E-state index is 10.6. The molecule has 2 N–H and O–H groups in total. The minimum absolute atomic E-state index is 0.0997. The molecule has 0 saturated heterocycles. The van der Waals surface area contributed by atoms with Crippen molar-refractivity contribution in [3.8, 4) is 0 Å². The first-order valence-electron chi connectivity index (χ1n) is 3.22. The van der Waals surface area contributed by atoms with Gasteiger partial charge >= 0.3 is 5.97 Å². The zero-order valence-electron chi connectivity index (χ0n) is 6.09. The number of hydrogen-bond donors (Lipinski definition) is 2. The highest BCUT2D eigenvalue weighted by Crippen LogP contribution is 1.82. The fourth-order valence-corrected chi connectivity index (χ4v) is 0.459. The minimum Gasteiger partial charge on any atom is -0.463 e. The number of nitrogens with one attached hydrogen (secondary N) is 1. The van der Waals surface area contributed by atoms with Gasteiger partial charge in [0.25, 0.3) is 0 Å². The van der Waals surface area contributed by atoms with Crippen molar-refractivity contribution >= 4 is 5.97 Å². The summed E-state index contributed by atoms with van der Waals surface area (Å²) < 4.78 is 4.56. The number of aliphatic hydroxyl groups excluding tert-OH is 1. The van der Waals surface area contributed by atoms with Gasteiger partial charge in [-0.25, -0.2) is 0 Å². The zero-order valence-corrected chi connectivity index (χ0v) is 6.09. The van der Waals surface area contributed by atoms with Gasteiger partial charge in [0.2, 0.25) is 0 Å². The van der Waals surface area contributed by atoms with Crippen molar-refractivity contribution in [2.75, 3.05) is 26.8 Å². The van der Waals surface area contributed by atoms with E-state index >= 15 is 0 Å². The molecule has 0 rings (SSSR count).